The van der Waals surface area contributed by atoms with Gasteiger partial charge in [-0.3, -0.25) is 0 Å². The van der Waals surface area contributed by atoms with Gasteiger partial charge in [-0.2, -0.15) is 11.8 Å². The Kier molecular flexibility index (Phi) is 2.68. The number of anilines is 1. The molecule has 1 aromatic rings. The number of benzene rings is 1. The molecule has 2 rings (SSSR count). The van der Waals surface area contributed by atoms with Crippen LogP contribution in [0.25, 0.3) is 0 Å². The number of aryl methyl sites for hydroxylation is 2. The molecule has 0 amide bonds. The molecule has 1 heterocycles. The van der Waals surface area contributed by atoms with Gasteiger partial charge >= 0.3 is 0 Å². The molecular formula is C11H14FNS. The van der Waals surface area contributed by atoms with Crippen molar-refractivity contribution in [3.05, 3.63) is 29.1 Å². The van der Waals surface area contributed by atoms with Crippen LogP contribution in [0.2, 0.25) is 0 Å². The summed E-state index contributed by atoms with van der Waals surface area (Å²) in [5, 5.41) is 3.43. The molecule has 0 atom stereocenters. The number of hydrogen-bond donors (Lipinski definition) is 1. The zero-order valence-electron chi connectivity index (χ0n) is 8.43. The van der Waals surface area contributed by atoms with Gasteiger partial charge in [0.05, 0.1) is 0 Å². The lowest BCUT2D eigenvalue weighted by Crippen LogP contribution is -2.33. The third-order valence-electron chi connectivity index (χ3n) is 2.50. The fourth-order valence-corrected chi connectivity index (χ4v) is 2.11. The molecule has 1 aliphatic heterocycles. The van der Waals surface area contributed by atoms with Crippen molar-refractivity contribution in [2.45, 2.75) is 19.9 Å². The molecule has 0 aliphatic carbocycles. The van der Waals surface area contributed by atoms with Crippen molar-refractivity contribution in [3.8, 4) is 0 Å². The molecule has 0 bridgehead atoms. The van der Waals surface area contributed by atoms with Crippen molar-refractivity contribution < 1.29 is 4.39 Å². The normalized spacial score (nSPS) is 16.5. The summed E-state index contributed by atoms with van der Waals surface area (Å²) in [5.41, 5.74) is 2.78. The number of thioether (sulfide) groups is 1. The van der Waals surface area contributed by atoms with Crippen molar-refractivity contribution >= 4 is 17.4 Å². The van der Waals surface area contributed by atoms with E-state index in [2.05, 4.69) is 5.32 Å². The maximum atomic E-state index is 13.2. The Bertz CT molecular complexity index is 347. The molecule has 76 valence electrons. The van der Waals surface area contributed by atoms with E-state index >= 15 is 0 Å². The van der Waals surface area contributed by atoms with Crippen LogP contribution < -0.4 is 5.32 Å². The monoisotopic (exact) mass is 211 g/mol. The van der Waals surface area contributed by atoms with Crippen molar-refractivity contribution in [1.29, 1.82) is 0 Å². The van der Waals surface area contributed by atoms with Crippen LogP contribution in [0, 0.1) is 19.7 Å². The van der Waals surface area contributed by atoms with Crippen LogP contribution in [0.15, 0.2) is 12.1 Å². The van der Waals surface area contributed by atoms with Gasteiger partial charge in [-0.1, -0.05) is 0 Å². The van der Waals surface area contributed by atoms with Crippen LogP contribution >= 0.6 is 11.8 Å². The highest BCUT2D eigenvalue weighted by Gasteiger charge is 2.18. The predicted molar refractivity (Wildman–Crippen MR) is 60.6 cm³/mol. The van der Waals surface area contributed by atoms with Crippen LogP contribution in [-0.2, 0) is 0 Å². The average molecular weight is 211 g/mol. The second-order valence-electron chi connectivity index (χ2n) is 3.80. The zero-order valence-corrected chi connectivity index (χ0v) is 9.25. The number of halogens is 1. The summed E-state index contributed by atoms with van der Waals surface area (Å²) in [6.45, 7) is 3.74. The third kappa shape index (κ3) is 1.87. The largest absolute Gasteiger partial charge is 0.380 e. The highest BCUT2D eigenvalue weighted by Crippen LogP contribution is 2.25. The van der Waals surface area contributed by atoms with E-state index in [1.54, 1.807) is 13.0 Å². The maximum absolute atomic E-state index is 13.2. The Labute approximate surface area is 88.1 Å². The zero-order chi connectivity index (χ0) is 10.1. The minimum atomic E-state index is -0.115. The first kappa shape index (κ1) is 9.84. The van der Waals surface area contributed by atoms with Gasteiger partial charge in [-0.05, 0) is 37.1 Å². The SMILES string of the molecule is Cc1cc(NC2CSC2)c(C)cc1F. The highest BCUT2D eigenvalue weighted by molar-refractivity contribution is 8.00. The quantitative estimate of drug-likeness (QED) is 0.807. The Balaban J connectivity index is 2.19. The second kappa shape index (κ2) is 3.81. The first-order chi connectivity index (χ1) is 6.66. The summed E-state index contributed by atoms with van der Waals surface area (Å²) in [6.07, 6.45) is 0. The number of nitrogens with one attached hydrogen (secondary N) is 1. The Morgan fingerprint density at radius 1 is 1.29 bits per heavy atom. The van der Waals surface area contributed by atoms with Crippen LogP contribution in [-0.4, -0.2) is 17.5 Å². The minimum absolute atomic E-state index is 0.115. The lowest BCUT2D eigenvalue weighted by atomic mass is 10.1. The van der Waals surface area contributed by atoms with Crippen molar-refractivity contribution in [2.75, 3.05) is 16.8 Å². The highest BCUT2D eigenvalue weighted by atomic mass is 32.2. The molecule has 1 aliphatic rings. The van der Waals surface area contributed by atoms with Crippen LogP contribution in [0.3, 0.4) is 0 Å². The van der Waals surface area contributed by atoms with E-state index in [9.17, 15) is 4.39 Å². The van der Waals surface area contributed by atoms with Gasteiger partial charge in [0.2, 0.25) is 0 Å². The van der Waals surface area contributed by atoms with E-state index < -0.39 is 0 Å². The number of rotatable bonds is 2. The van der Waals surface area contributed by atoms with Crippen LogP contribution in [0.4, 0.5) is 10.1 Å². The molecule has 1 N–H and O–H groups in total. The van der Waals surface area contributed by atoms with Crippen LogP contribution in [0.1, 0.15) is 11.1 Å². The molecule has 14 heavy (non-hydrogen) atoms. The lowest BCUT2D eigenvalue weighted by molar-refractivity contribution is 0.617. The van der Waals surface area contributed by atoms with E-state index in [1.807, 2.05) is 24.8 Å². The van der Waals surface area contributed by atoms with E-state index in [1.165, 1.54) is 0 Å². The van der Waals surface area contributed by atoms with Crippen molar-refractivity contribution in [2.24, 2.45) is 0 Å². The fraction of sp³-hybridized carbons (Fsp3) is 0.455. The second-order valence-corrected chi connectivity index (χ2v) is 4.87. The molecule has 3 heteroatoms. The minimum Gasteiger partial charge on any atom is -0.380 e. The maximum Gasteiger partial charge on any atom is 0.126 e. The summed E-state index contributed by atoms with van der Waals surface area (Å²) in [7, 11) is 0. The Hall–Kier alpha value is -0.700. The topological polar surface area (TPSA) is 12.0 Å². The van der Waals surface area contributed by atoms with Gasteiger partial charge in [0.1, 0.15) is 5.82 Å². The van der Waals surface area contributed by atoms with Gasteiger partial charge in [0.15, 0.2) is 0 Å². The average Bonchev–Trinajstić information content (AvgIpc) is 2.06. The van der Waals surface area contributed by atoms with Gasteiger partial charge < -0.3 is 5.32 Å². The first-order valence-electron chi connectivity index (χ1n) is 4.78. The molecule has 0 spiro atoms. The predicted octanol–water partition coefficient (Wildman–Crippen LogP) is 2.97. The van der Waals surface area contributed by atoms with Crippen molar-refractivity contribution in [1.82, 2.24) is 0 Å². The van der Waals surface area contributed by atoms with E-state index in [4.69, 9.17) is 0 Å². The molecule has 0 unspecified atom stereocenters. The fourth-order valence-electron chi connectivity index (χ4n) is 1.48. The number of hydrogen-bond acceptors (Lipinski definition) is 2. The third-order valence-corrected chi connectivity index (χ3v) is 3.78. The van der Waals surface area contributed by atoms with Crippen molar-refractivity contribution in [3.63, 3.8) is 0 Å². The van der Waals surface area contributed by atoms with Crippen LogP contribution in [0.5, 0.6) is 0 Å². The van der Waals surface area contributed by atoms with E-state index in [0.717, 1.165) is 22.8 Å². The Morgan fingerprint density at radius 3 is 2.57 bits per heavy atom. The molecule has 1 aromatic carbocycles. The van der Waals surface area contributed by atoms with E-state index in [0.29, 0.717) is 11.6 Å². The van der Waals surface area contributed by atoms with Gasteiger partial charge in [-0.15, -0.1) is 0 Å². The summed E-state index contributed by atoms with van der Waals surface area (Å²) in [4.78, 5) is 0. The molecule has 1 saturated heterocycles. The molecular weight excluding hydrogens is 197 g/mol. The Morgan fingerprint density at radius 2 is 2.00 bits per heavy atom. The van der Waals surface area contributed by atoms with E-state index in [-0.39, 0.29) is 5.82 Å². The summed E-state index contributed by atoms with van der Waals surface area (Å²) >= 11 is 1.94. The standard InChI is InChI=1S/C11H14FNS/c1-7-4-11(8(2)3-10(7)12)13-9-5-14-6-9/h3-4,9,13H,5-6H2,1-2H3. The molecule has 0 radical (unpaired) electrons. The molecule has 1 fully saturated rings. The summed E-state index contributed by atoms with van der Waals surface area (Å²) < 4.78 is 13.2. The summed E-state index contributed by atoms with van der Waals surface area (Å²) in [6, 6.07) is 4.07. The summed E-state index contributed by atoms with van der Waals surface area (Å²) in [5.74, 6) is 2.21. The van der Waals surface area contributed by atoms with Gasteiger partial charge in [-0.25, -0.2) is 4.39 Å². The molecule has 0 aromatic heterocycles. The van der Waals surface area contributed by atoms with Gasteiger partial charge in [0, 0.05) is 23.2 Å². The smallest absolute Gasteiger partial charge is 0.126 e. The molecule has 1 nitrogen and oxygen atoms in total. The lowest BCUT2D eigenvalue weighted by Gasteiger charge is -2.28. The molecule has 0 saturated carbocycles. The van der Waals surface area contributed by atoms with Gasteiger partial charge in [0.25, 0.3) is 0 Å². The first-order valence-corrected chi connectivity index (χ1v) is 5.93.